The quantitative estimate of drug-likeness (QED) is 0.665. The minimum absolute atomic E-state index is 0.0113. The molecule has 3 aromatic rings. The van der Waals surface area contributed by atoms with E-state index in [1.165, 1.54) is 11.6 Å². The minimum Gasteiger partial charge on any atom is -0.355 e. The van der Waals surface area contributed by atoms with E-state index in [0.29, 0.717) is 43.0 Å². The van der Waals surface area contributed by atoms with Gasteiger partial charge in [0.25, 0.3) is 5.56 Å². The molecule has 1 aliphatic heterocycles. The molecule has 3 heterocycles. The van der Waals surface area contributed by atoms with Crippen molar-refractivity contribution in [3.63, 3.8) is 0 Å². The van der Waals surface area contributed by atoms with Crippen LogP contribution in [0.25, 0.3) is 11.2 Å². The molecule has 1 aromatic carbocycles. The number of nitrogens with zero attached hydrogens (tertiary/aromatic N) is 4. The highest BCUT2D eigenvalue weighted by molar-refractivity contribution is 5.77. The topological polar surface area (TPSA) is 105 Å². The first-order valence-corrected chi connectivity index (χ1v) is 9.16. The van der Waals surface area contributed by atoms with Gasteiger partial charge in [-0.2, -0.15) is 0 Å². The second-order valence-electron chi connectivity index (χ2n) is 7.04. The Hall–Kier alpha value is -3.20. The van der Waals surface area contributed by atoms with E-state index in [4.69, 9.17) is 0 Å². The SMILES string of the molecule is Cn1c(=O)c2[nH]c(CN3CCNC(=O)C[C@H]3c3ccccc3)nc2n(C)c1=O. The molecule has 1 aliphatic rings. The lowest BCUT2D eigenvalue weighted by atomic mass is 10.0. The summed E-state index contributed by atoms with van der Waals surface area (Å²) >= 11 is 0. The zero-order valence-electron chi connectivity index (χ0n) is 15.8. The molecule has 9 nitrogen and oxygen atoms in total. The third-order valence-electron chi connectivity index (χ3n) is 5.22. The number of fused-ring (bicyclic) bond motifs is 1. The molecular formula is C19H22N6O3. The van der Waals surface area contributed by atoms with Crippen molar-refractivity contribution in [3.8, 4) is 0 Å². The van der Waals surface area contributed by atoms with Crippen LogP contribution in [0.15, 0.2) is 39.9 Å². The summed E-state index contributed by atoms with van der Waals surface area (Å²) in [7, 11) is 3.04. The lowest BCUT2D eigenvalue weighted by molar-refractivity contribution is -0.121. The molecule has 1 saturated heterocycles. The molecule has 0 unspecified atom stereocenters. The van der Waals surface area contributed by atoms with Crippen molar-refractivity contribution in [2.75, 3.05) is 13.1 Å². The fourth-order valence-electron chi connectivity index (χ4n) is 3.71. The molecule has 0 aliphatic carbocycles. The average molecular weight is 382 g/mol. The number of carbonyl (C=O) groups is 1. The predicted molar refractivity (Wildman–Crippen MR) is 104 cm³/mol. The van der Waals surface area contributed by atoms with Gasteiger partial charge in [-0.1, -0.05) is 30.3 Å². The van der Waals surface area contributed by atoms with Crippen LogP contribution in [0.2, 0.25) is 0 Å². The Morgan fingerprint density at radius 2 is 1.86 bits per heavy atom. The van der Waals surface area contributed by atoms with Gasteiger partial charge in [0.15, 0.2) is 5.65 Å². The van der Waals surface area contributed by atoms with Crippen molar-refractivity contribution in [2.24, 2.45) is 14.1 Å². The second-order valence-corrected chi connectivity index (χ2v) is 7.04. The first-order valence-electron chi connectivity index (χ1n) is 9.16. The number of aryl methyl sites for hydroxylation is 1. The largest absolute Gasteiger partial charge is 0.355 e. The van der Waals surface area contributed by atoms with Gasteiger partial charge in [-0.05, 0) is 5.56 Å². The normalized spacial score (nSPS) is 18.2. The maximum atomic E-state index is 12.4. The zero-order chi connectivity index (χ0) is 19.8. The van der Waals surface area contributed by atoms with Crippen LogP contribution < -0.4 is 16.6 Å². The third-order valence-corrected chi connectivity index (χ3v) is 5.22. The Morgan fingerprint density at radius 3 is 2.61 bits per heavy atom. The number of imidazole rings is 1. The van der Waals surface area contributed by atoms with Crippen LogP contribution in [0.1, 0.15) is 23.9 Å². The van der Waals surface area contributed by atoms with Gasteiger partial charge in [0.1, 0.15) is 11.3 Å². The van der Waals surface area contributed by atoms with Crippen LogP contribution in [0.3, 0.4) is 0 Å². The van der Waals surface area contributed by atoms with Crippen LogP contribution in [0, 0.1) is 0 Å². The fraction of sp³-hybridized carbons (Fsp3) is 0.368. The van der Waals surface area contributed by atoms with E-state index in [2.05, 4.69) is 20.2 Å². The first kappa shape index (κ1) is 18.2. The van der Waals surface area contributed by atoms with Crippen molar-refractivity contribution in [3.05, 3.63) is 62.6 Å². The van der Waals surface area contributed by atoms with E-state index < -0.39 is 11.2 Å². The number of aromatic nitrogens is 4. The Morgan fingerprint density at radius 1 is 1.11 bits per heavy atom. The van der Waals surface area contributed by atoms with E-state index in [9.17, 15) is 14.4 Å². The Balaban J connectivity index is 1.73. The maximum absolute atomic E-state index is 12.4. The molecule has 9 heteroatoms. The van der Waals surface area contributed by atoms with Crippen molar-refractivity contribution >= 4 is 17.1 Å². The van der Waals surface area contributed by atoms with E-state index >= 15 is 0 Å². The number of amides is 1. The lowest BCUT2D eigenvalue weighted by Crippen LogP contribution is -2.36. The summed E-state index contributed by atoms with van der Waals surface area (Å²) < 4.78 is 2.42. The van der Waals surface area contributed by atoms with Crippen molar-refractivity contribution in [1.82, 2.24) is 29.3 Å². The standard InChI is InChI=1S/C19H22N6O3/c1-23-17-16(18(27)24(2)19(23)28)21-14(22-17)11-25-9-8-20-15(26)10-13(25)12-6-4-3-5-7-12/h3-7,13H,8-11H2,1-2H3,(H,20,26)(H,21,22)/t13-/m0/s1. The van der Waals surface area contributed by atoms with E-state index in [-0.39, 0.29) is 11.9 Å². The van der Waals surface area contributed by atoms with Crippen molar-refractivity contribution < 1.29 is 4.79 Å². The molecule has 0 bridgehead atoms. The van der Waals surface area contributed by atoms with Gasteiger partial charge in [-0.25, -0.2) is 9.78 Å². The molecule has 2 aromatic heterocycles. The van der Waals surface area contributed by atoms with Gasteiger partial charge in [0, 0.05) is 39.6 Å². The Labute approximate surface area is 160 Å². The number of aromatic amines is 1. The highest BCUT2D eigenvalue weighted by Crippen LogP contribution is 2.27. The van der Waals surface area contributed by atoms with E-state index in [1.54, 1.807) is 7.05 Å². The Bertz CT molecular complexity index is 1140. The summed E-state index contributed by atoms with van der Waals surface area (Å²) in [4.78, 5) is 46.4. The maximum Gasteiger partial charge on any atom is 0.332 e. The second kappa shape index (κ2) is 7.08. The summed E-state index contributed by atoms with van der Waals surface area (Å²) in [6.07, 6.45) is 0.352. The summed E-state index contributed by atoms with van der Waals surface area (Å²) in [5, 5.41) is 2.91. The number of carbonyl (C=O) groups excluding carboxylic acids is 1. The Kier molecular flexibility index (Phi) is 4.60. The number of nitrogens with one attached hydrogen (secondary N) is 2. The number of H-pyrrole nitrogens is 1. The first-order chi connectivity index (χ1) is 13.5. The fourth-order valence-corrected chi connectivity index (χ4v) is 3.71. The van der Waals surface area contributed by atoms with Gasteiger partial charge in [-0.15, -0.1) is 0 Å². The molecule has 1 amide bonds. The highest BCUT2D eigenvalue weighted by atomic mass is 16.2. The molecule has 4 rings (SSSR count). The summed E-state index contributed by atoms with van der Waals surface area (Å²) in [5.41, 5.74) is 0.883. The van der Waals surface area contributed by atoms with E-state index in [1.807, 2.05) is 30.3 Å². The molecule has 1 fully saturated rings. The molecule has 1 atom stereocenters. The van der Waals surface area contributed by atoms with Crippen molar-refractivity contribution in [1.29, 1.82) is 0 Å². The van der Waals surface area contributed by atoms with Crippen LogP contribution in [0.5, 0.6) is 0 Å². The van der Waals surface area contributed by atoms with Crippen LogP contribution in [-0.2, 0) is 25.4 Å². The van der Waals surface area contributed by atoms with Gasteiger partial charge in [0.05, 0.1) is 6.54 Å². The van der Waals surface area contributed by atoms with Crippen LogP contribution >= 0.6 is 0 Å². The third kappa shape index (κ3) is 3.13. The van der Waals surface area contributed by atoms with Gasteiger partial charge < -0.3 is 10.3 Å². The number of hydrogen-bond donors (Lipinski definition) is 2. The molecule has 2 N–H and O–H groups in total. The van der Waals surface area contributed by atoms with Gasteiger partial charge in [0.2, 0.25) is 5.91 Å². The predicted octanol–water partition coefficient (Wildman–Crippen LogP) is 0.0235. The van der Waals surface area contributed by atoms with Crippen LogP contribution in [-0.4, -0.2) is 43.0 Å². The summed E-state index contributed by atoms with van der Waals surface area (Å²) in [6, 6.07) is 9.78. The monoisotopic (exact) mass is 382 g/mol. The van der Waals surface area contributed by atoms with E-state index in [0.717, 1.165) is 10.1 Å². The highest BCUT2D eigenvalue weighted by Gasteiger charge is 2.27. The molecule has 0 saturated carbocycles. The number of benzene rings is 1. The zero-order valence-corrected chi connectivity index (χ0v) is 15.8. The smallest absolute Gasteiger partial charge is 0.332 e. The van der Waals surface area contributed by atoms with Gasteiger partial charge >= 0.3 is 5.69 Å². The minimum atomic E-state index is -0.415. The summed E-state index contributed by atoms with van der Waals surface area (Å²) in [5.74, 6) is 0.598. The average Bonchev–Trinajstić information content (AvgIpc) is 3.04. The van der Waals surface area contributed by atoms with Crippen molar-refractivity contribution in [2.45, 2.75) is 19.0 Å². The molecule has 146 valence electrons. The number of rotatable bonds is 3. The molecule has 0 spiro atoms. The number of hydrogen-bond acceptors (Lipinski definition) is 5. The molecular weight excluding hydrogens is 360 g/mol. The molecule has 0 radical (unpaired) electrons. The summed E-state index contributed by atoms with van der Waals surface area (Å²) in [6.45, 7) is 1.63. The van der Waals surface area contributed by atoms with Gasteiger partial charge in [-0.3, -0.25) is 23.6 Å². The lowest BCUT2D eigenvalue weighted by Gasteiger charge is -2.28. The molecule has 28 heavy (non-hydrogen) atoms. The van der Waals surface area contributed by atoms with Crippen LogP contribution in [0.4, 0.5) is 0 Å².